The van der Waals surface area contributed by atoms with Gasteiger partial charge < -0.3 is 18.4 Å². The molecule has 0 spiro atoms. The molecule has 0 fully saturated rings. The van der Waals surface area contributed by atoms with Crippen LogP contribution in [0.4, 0.5) is 0 Å². The highest BCUT2D eigenvalue weighted by atomic mass is 28.4. The molecular formula is C13H35NO3Si3. The average molecular weight is 338 g/mol. The molecule has 0 atom stereocenters. The Balaban J connectivity index is 3.92. The first-order valence-electron chi connectivity index (χ1n) is 7.54. The average Bonchev–Trinajstić information content (AvgIpc) is 2.29. The molecule has 0 saturated heterocycles. The van der Waals surface area contributed by atoms with E-state index in [4.69, 9.17) is 14.2 Å². The maximum atomic E-state index is 5.95. The zero-order valence-corrected chi connectivity index (χ0v) is 18.2. The fraction of sp³-hybridized carbons (Fsp3) is 1.00. The van der Waals surface area contributed by atoms with Gasteiger partial charge in [-0.2, -0.15) is 0 Å². The van der Waals surface area contributed by atoms with E-state index in [-0.39, 0.29) is 15.8 Å². The van der Waals surface area contributed by atoms with Gasteiger partial charge in [0, 0.05) is 30.3 Å². The minimum atomic E-state index is -1.28. The number of nitrogens with zero attached hydrogens (tertiary/aromatic N) is 1. The number of hydrogen-bond acceptors (Lipinski definition) is 4. The molecule has 0 aliphatic rings. The lowest BCUT2D eigenvalue weighted by Gasteiger charge is -2.43. The molecule has 122 valence electrons. The summed E-state index contributed by atoms with van der Waals surface area (Å²) >= 11 is 0. The van der Waals surface area contributed by atoms with Crippen LogP contribution in [0, 0.1) is 0 Å². The number of methoxy groups -OCH3 is 2. The summed E-state index contributed by atoms with van der Waals surface area (Å²) in [6.45, 7) is 16.2. The van der Waals surface area contributed by atoms with Crippen LogP contribution in [-0.4, -0.2) is 64.1 Å². The van der Waals surface area contributed by atoms with E-state index in [0.717, 1.165) is 19.4 Å². The van der Waals surface area contributed by atoms with Gasteiger partial charge in [-0.3, -0.25) is 0 Å². The summed E-state index contributed by atoms with van der Waals surface area (Å²) in [6.07, 6.45) is -0.0119. The Labute approximate surface area is 130 Å². The van der Waals surface area contributed by atoms with Crippen molar-refractivity contribution in [3.05, 3.63) is 0 Å². The molecule has 0 unspecified atom stereocenters. The summed E-state index contributed by atoms with van der Waals surface area (Å²) in [5.74, 6) is 0. The highest BCUT2D eigenvalue weighted by molar-refractivity contribution is 6.89. The Hall–Kier alpha value is 0.491. The van der Waals surface area contributed by atoms with E-state index in [1.165, 1.54) is 6.04 Å². The molecule has 0 aromatic rings. The summed E-state index contributed by atoms with van der Waals surface area (Å²) in [6, 6.07) is 2.27. The van der Waals surface area contributed by atoms with E-state index in [0.29, 0.717) is 0 Å². The lowest BCUT2D eigenvalue weighted by molar-refractivity contribution is -0.0876. The van der Waals surface area contributed by atoms with Crippen molar-refractivity contribution in [2.45, 2.75) is 57.7 Å². The van der Waals surface area contributed by atoms with Gasteiger partial charge >= 0.3 is 0 Å². The highest BCUT2D eigenvalue weighted by Gasteiger charge is 2.34. The van der Waals surface area contributed by atoms with Gasteiger partial charge in [0.15, 0.2) is 6.29 Å². The van der Waals surface area contributed by atoms with Crippen molar-refractivity contribution in [2.75, 3.05) is 27.6 Å². The molecule has 7 heteroatoms. The van der Waals surface area contributed by atoms with Crippen LogP contribution in [0.3, 0.4) is 0 Å². The van der Waals surface area contributed by atoms with Gasteiger partial charge in [0.05, 0.1) is 6.73 Å². The maximum absolute atomic E-state index is 5.95. The van der Waals surface area contributed by atoms with Crippen molar-refractivity contribution in [3.63, 3.8) is 0 Å². The van der Waals surface area contributed by atoms with Crippen LogP contribution in [0.2, 0.25) is 51.4 Å². The fourth-order valence-corrected chi connectivity index (χ4v) is 12.9. The smallest absolute Gasteiger partial charge is 0.153 e. The molecule has 0 bridgehead atoms. The summed E-state index contributed by atoms with van der Waals surface area (Å²) in [5, 5.41) is 0. The summed E-state index contributed by atoms with van der Waals surface area (Å²) in [4.78, 5) is 0. The zero-order chi connectivity index (χ0) is 15.8. The largest absolute Gasteiger partial charge is 0.368 e. The van der Waals surface area contributed by atoms with Gasteiger partial charge in [0.1, 0.15) is 16.5 Å². The van der Waals surface area contributed by atoms with Gasteiger partial charge in [-0.25, -0.2) is 0 Å². The van der Waals surface area contributed by atoms with Gasteiger partial charge in [-0.15, -0.1) is 0 Å². The summed E-state index contributed by atoms with van der Waals surface area (Å²) in [5.41, 5.74) is 0. The van der Waals surface area contributed by atoms with Gasteiger partial charge in [0.2, 0.25) is 0 Å². The first kappa shape index (κ1) is 20.5. The molecule has 0 rings (SSSR count). The van der Waals surface area contributed by atoms with Crippen LogP contribution < -0.4 is 0 Å². The number of rotatable bonds is 11. The molecule has 0 aromatic carbocycles. The number of ether oxygens (including phenoxy) is 3. The third-order valence-corrected chi connectivity index (χ3v) is 12.5. The van der Waals surface area contributed by atoms with E-state index >= 15 is 0 Å². The molecule has 0 radical (unpaired) electrons. The summed E-state index contributed by atoms with van der Waals surface area (Å²) in [7, 11) is 0.715. The molecule has 0 heterocycles. The Kier molecular flexibility index (Phi) is 9.73. The van der Waals surface area contributed by atoms with Gasteiger partial charge in [-0.1, -0.05) is 39.3 Å². The standard InChI is InChI=1S/C13H35NO3Si3/c1-15-13(16-2)11-18-10-9-17-12-14(19(3,4)5)20(6,7)8/h13H,9-12,18H2,1-8H3. The topological polar surface area (TPSA) is 30.9 Å². The van der Waals surface area contributed by atoms with Crippen molar-refractivity contribution >= 4 is 26.0 Å². The van der Waals surface area contributed by atoms with Crippen molar-refractivity contribution in [3.8, 4) is 0 Å². The quantitative estimate of drug-likeness (QED) is 0.329. The van der Waals surface area contributed by atoms with Crippen LogP contribution in [0.15, 0.2) is 0 Å². The third kappa shape index (κ3) is 8.71. The Morgan fingerprint density at radius 2 is 1.45 bits per heavy atom. The fourth-order valence-electron chi connectivity index (χ4n) is 2.40. The maximum Gasteiger partial charge on any atom is 0.153 e. The van der Waals surface area contributed by atoms with E-state index < -0.39 is 16.5 Å². The van der Waals surface area contributed by atoms with Gasteiger partial charge in [0.25, 0.3) is 0 Å². The normalized spacial score (nSPS) is 14.1. The minimum absolute atomic E-state index is 0.0119. The highest BCUT2D eigenvalue weighted by Crippen LogP contribution is 2.19. The van der Waals surface area contributed by atoms with Crippen molar-refractivity contribution in [1.82, 2.24) is 4.23 Å². The Morgan fingerprint density at radius 1 is 0.950 bits per heavy atom. The van der Waals surface area contributed by atoms with Crippen LogP contribution in [-0.2, 0) is 14.2 Å². The van der Waals surface area contributed by atoms with Crippen molar-refractivity contribution in [1.29, 1.82) is 0 Å². The van der Waals surface area contributed by atoms with E-state index in [1.54, 1.807) is 14.2 Å². The van der Waals surface area contributed by atoms with E-state index in [2.05, 4.69) is 43.5 Å². The first-order chi connectivity index (χ1) is 9.12. The van der Waals surface area contributed by atoms with Crippen LogP contribution in [0.5, 0.6) is 0 Å². The Bertz CT molecular complexity index is 236. The van der Waals surface area contributed by atoms with Crippen molar-refractivity contribution in [2.24, 2.45) is 0 Å². The SMILES string of the molecule is COC(C[SiH2]CCOCN([Si](C)(C)C)[Si](C)(C)C)OC. The van der Waals surface area contributed by atoms with Crippen LogP contribution in [0.1, 0.15) is 0 Å². The second kappa shape index (κ2) is 9.50. The molecule has 0 amide bonds. The van der Waals surface area contributed by atoms with Crippen molar-refractivity contribution < 1.29 is 14.2 Å². The molecule has 0 aromatic heterocycles. The molecule has 0 aliphatic heterocycles. The van der Waals surface area contributed by atoms with Crippen LogP contribution >= 0.6 is 0 Å². The second-order valence-electron chi connectivity index (χ2n) is 7.20. The molecule has 4 nitrogen and oxygen atoms in total. The van der Waals surface area contributed by atoms with E-state index in [1.807, 2.05) is 0 Å². The molecule has 20 heavy (non-hydrogen) atoms. The second-order valence-corrected chi connectivity index (χ2v) is 19.4. The molecule has 0 N–H and O–H groups in total. The van der Waals surface area contributed by atoms with Gasteiger partial charge in [-0.05, 0) is 12.1 Å². The predicted molar refractivity (Wildman–Crippen MR) is 95.3 cm³/mol. The Morgan fingerprint density at radius 3 is 1.85 bits per heavy atom. The van der Waals surface area contributed by atoms with Crippen LogP contribution in [0.25, 0.3) is 0 Å². The minimum Gasteiger partial charge on any atom is -0.368 e. The number of hydrogen-bond donors (Lipinski definition) is 0. The third-order valence-electron chi connectivity index (χ3n) is 3.34. The first-order valence-corrected chi connectivity index (χ1v) is 16.4. The molecule has 0 aliphatic carbocycles. The zero-order valence-electron chi connectivity index (χ0n) is 14.8. The van der Waals surface area contributed by atoms with E-state index in [9.17, 15) is 0 Å². The molecular weight excluding hydrogens is 302 g/mol. The monoisotopic (exact) mass is 337 g/mol. The summed E-state index contributed by atoms with van der Waals surface area (Å²) < 4.78 is 19.0. The lowest BCUT2D eigenvalue weighted by Crippen LogP contribution is -2.59. The predicted octanol–water partition coefficient (Wildman–Crippen LogP) is 2.56. The molecule has 0 saturated carbocycles. The lowest BCUT2D eigenvalue weighted by atomic mass is 10.7.